The second-order valence-corrected chi connectivity index (χ2v) is 5.87. The third kappa shape index (κ3) is 3.93. The van der Waals surface area contributed by atoms with E-state index in [0.29, 0.717) is 12.2 Å². The highest BCUT2D eigenvalue weighted by molar-refractivity contribution is 5.91. The number of amides is 1. The van der Waals surface area contributed by atoms with Gasteiger partial charge in [0.2, 0.25) is 5.95 Å². The summed E-state index contributed by atoms with van der Waals surface area (Å²) in [5.41, 5.74) is 1.17. The largest absolute Gasteiger partial charge is 0.291 e. The Labute approximate surface area is 148 Å². The molecule has 1 aromatic carbocycles. The molecule has 1 N–H and O–H groups in total. The number of hydrogen-bond acceptors (Lipinski definition) is 4. The Morgan fingerprint density at radius 1 is 1.23 bits per heavy atom. The van der Waals surface area contributed by atoms with Crippen molar-refractivity contribution in [3.8, 4) is 0 Å². The van der Waals surface area contributed by atoms with Gasteiger partial charge in [0.15, 0.2) is 0 Å². The molecule has 1 amide bonds. The molecule has 0 spiro atoms. The highest BCUT2D eigenvalue weighted by Crippen LogP contribution is 2.20. The van der Waals surface area contributed by atoms with Crippen molar-refractivity contribution in [3.63, 3.8) is 0 Å². The fraction of sp³-hybridized carbons (Fsp3) is 0.294. The van der Waals surface area contributed by atoms with Crippen LogP contribution in [0.3, 0.4) is 0 Å². The molecule has 0 saturated carbocycles. The molecule has 0 aliphatic carbocycles. The van der Waals surface area contributed by atoms with Crippen molar-refractivity contribution < 1.29 is 13.6 Å². The van der Waals surface area contributed by atoms with E-state index in [4.69, 9.17) is 0 Å². The first kappa shape index (κ1) is 17.7. The van der Waals surface area contributed by atoms with Gasteiger partial charge in [-0.05, 0) is 25.5 Å². The number of carbonyl (C=O) groups is 1. The molecule has 2 aromatic heterocycles. The van der Waals surface area contributed by atoms with Gasteiger partial charge in [0.1, 0.15) is 18.1 Å². The molecule has 2 heterocycles. The van der Waals surface area contributed by atoms with Gasteiger partial charge < -0.3 is 0 Å². The maximum atomic E-state index is 12.8. The molecule has 3 rings (SSSR count). The number of anilines is 1. The quantitative estimate of drug-likeness (QED) is 0.733. The Bertz CT molecular complexity index is 890. The lowest BCUT2D eigenvalue weighted by Crippen LogP contribution is -2.26. The maximum absolute atomic E-state index is 12.8. The number of nitrogens with one attached hydrogen (secondary N) is 1. The standard InChI is InChI=1S/C17H18F2N6O/c1-11-8-14(15(18)19)22-25(11)12(2)16(26)21-17-20-10-24(23-17)9-13-6-4-3-5-7-13/h3-8,10,12,15H,9H2,1-2H3,(H,21,23,26). The molecule has 0 saturated heterocycles. The first-order valence-electron chi connectivity index (χ1n) is 8.02. The monoisotopic (exact) mass is 360 g/mol. The summed E-state index contributed by atoms with van der Waals surface area (Å²) in [4.78, 5) is 16.4. The average Bonchev–Trinajstić information content (AvgIpc) is 3.21. The van der Waals surface area contributed by atoms with Crippen LogP contribution >= 0.6 is 0 Å². The van der Waals surface area contributed by atoms with Gasteiger partial charge in [-0.25, -0.2) is 18.4 Å². The first-order valence-corrected chi connectivity index (χ1v) is 8.02. The molecular weight excluding hydrogens is 342 g/mol. The Balaban J connectivity index is 1.66. The Morgan fingerprint density at radius 3 is 2.62 bits per heavy atom. The van der Waals surface area contributed by atoms with Crippen LogP contribution in [0.4, 0.5) is 14.7 Å². The van der Waals surface area contributed by atoms with Crippen LogP contribution in [-0.4, -0.2) is 30.5 Å². The molecule has 26 heavy (non-hydrogen) atoms. The second kappa shape index (κ2) is 7.42. The Kier molecular flexibility index (Phi) is 5.06. The van der Waals surface area contributed by atoms with E-state index in [1.54, 1.807) is 18.5 Å². The molecule has 0 aliphatic rings. The van der Waals surface area contributed by atoms with Gasteiger partial charge in [0, 0.05) is 5.69 Å². The summed E-state index contributed by atoms with van der Waals surface area (Å²) in [6, 6.07) is 10.2. The van der Waals surface area contributed by atoms with Crippen molar-refractivity contribution in [2.75, 3.05) is 5.32 Å². The van der Waals surface area contributed by atoms with Crippen LogP contribution in [0.15, 0.2) is 42.7 Å². The zero-order chi connectivity index (χ0) is 18.7. The predicted octanol–water partition coefficient (Wildman–Crippen LogP) is 2.97. The molecule has 9 heteroatoms. The van der Waals surface area contributed by atoms with E-state index in [-0.39, 0.29) is 11.6 Å². The fourth-order valence-corrected chi connectivity index (χ4v) is 2.54. The molecule has 1 unspecified atom stereocenters. The molecule has 136 valence electrons. The zero-order valence-corrected chi connectivity index (χ0v) is 14.3. The van der Waals surface area contributed by atoms with Crippen molar-refractivity contribution >= 4 is 11.9 Å². The lowest BCUT2D eigenvalue weighted by atomic mass is 10.2. The molecule has 0 bridgehead atoms. The van der Waals surface area contributed by atoms with E-state index >= 15 is 0 Å². The number of alkyl halides is 2. The van der Waals surface area contributed by atoms with Crippen molar-refractivity contribution in [3.05, 3.63) is 59.7 Å². The molecule has 3 aromatic rings. The van der Waals surface area contributed by atoms with E-state index < -0.39 is 18.4 Å². The highest BCUT2D eigenvalue weighted by atomic mass is 19.3. The number of aryl methyl sites for hydroxylation is 1. The maximum Gasteiger partial charge on any atom is 0.282 e. The van der Waals surface area contributed by atoms with Crippen molar-refractivity contribution in [2.24, 2.45) is 0 Å². The Morgan fingerprint density at radius 2 is 1.96 bits per heavy atom. The van der Waals surface area contributed by atoms with Gasteiger partial charge in [0.25, 0.3) is 12.3 Å². The molecule has 0 aliphatic heterocycles. The number of aromatic nitrogens is 5. The van der Waals surface area contributed by atoms with Crippen LogP contribution < -0.4 is 5.32 Å². The molecular formula is C17H18F2N6O. The van der Waals surface area contributed by atoms with E-state index in [1.807, 2.05) is 30.3 Å². The van der Waals surface area contributed by atoms with Gasteiger partial charge in [-0.3, -0.25) is 14.8 Å². The number of hydrogen-bond donors (Lipinski definition) is 1. The molecule has 7 nitrogen and oxygen atoms in total. The smallest absolute Gasteiger partial charge is 0.282 e. The van der Waals surface area contributed by atoms with Gasteiger partial charge >= 0.3 is 0 Å². The highest BCUT2D eigenvalue weighted by Gasteiger charge is 2.22. The second-order valence-electron chi connectivity index (χ2n) is 5.87. The summed E-state index contributed by atoms with van der Waals surface area (Å²) in [6.45, 7) is 3.72. The summed E-state index contributed by atoms with van der Waals surface area (Å²) in [5, 5.41) is 10.6. The van der Waals surface area contributed by atoms with E-state index in [0.717, 1.165) is 5.56 Å². The van der Waals surface area contributed by atoms with Gasteiger partial charge in [0.05, 0.1) is 6.54 Å². The zero-order valence-electron chi connectivity index (χ0n) is 14.3. The minimum Gasteiger partial charge on any atom is -0.291 e. The van der Waals surface area contributed by atoms with Crippen molar-refractivity contribution in [1.82, 2.24) is 24.5 Å². The van der Waals surface area contributed by atoms with Crippen LogP contribution in [-0.2, 0) is 11.3 Å². The van der Waals surface area contributed by atoms with E-state index in [9.17, 15) is 13.6 Å². The number of halogens is 2. The van der Waals surface area contributed by atoms with Gasteiger partial charge in [-0.1, -0.05) is 30.3 Å². The SMILES string of the molecule is Cc1cc(C(F)F)nn1C(C)C(=O)Nc1ncn(Cc2ccccc2)n1. The number of nitrogens with zero attached hydrogens (tertiary/aromatic N) is 5. The molecule has 0 fully saturated rings. The van der Waals surface area contributed by atoms with E-state index in [1.165, 1.54) is 17.1 Å². The molecule has 1 atom stereocenters. The summed E-state index contributed by atoms with van der Waals surface area (Å²) in [6.07, 6.45) is -1.16. The number of rotatable bonds is 6. The first-order chi connectivity index (χ1) is 12.4. The third-order valence-electron chi connectivity index (χ3n) is 3.87. The van der Waals surface area contributed by atoms with Crippen molar-refractivity contribution in [1.29, 1.82) is 0 Å². The van der Waals surface area contributed by atoms with Gasteiger partial charge in [-0.15, -0.1) is 5.10 Å². The summed E-state index contributed by atoms with van der Waals surface area (Å²) >= 11 is 0. The van der Waals surface area contributed by atoms with Crippen LogP contribution in [0.25, 0.3) is 0 Å². The summed E-state index contributed by atoms with van der Waals surface area (Å²) in [5.74, 6) is -0.286. The van der Waals surface area contributed by atoms with Gasteiger partial charge in [-0.2, -0.15) is 5.10 Å². The normalized spacial score (nSPS) is 12.3. The van der Waals surface area contributed by atoms with Crippen molar-refractivity contribution in [2.45, 2.75) is 32.9 Å². The van der Waals surface area contributed by atoms with Crippen LogP contribution in [0, 0.1) is 6.92 Å². The fourth-order valence-electron chi connectivity index (χ4n) is 2.54. The summed E-state index contributed by atoms with van der Waals surface area (Å²) in [7, 11) is 0. The number of benzene rings is 1. The van der Waals surface area contributed by atoms with Crippen LogP contribution in [0.5, 0.6) is 0 Å². The molecule has 0 radical (unpaired) electrons. The predicted molar refractivity (Wildman–Crippen MR) is 90.8 cm³/mol. The minimum absolute atomic E-state index is 0.150. The van der Waals surface area contributed by atoms with Crippen LogP contribution in [0.2, 0.25) is 0 Å². The lowest BCUT2D eigenvalue weighted by molar-refractivity contribution is -0.119. The Hall–Kier alpha value is -3.10. The lowest BCUT2D eigenvalue weighted by Gasteiger charge is -2.12. The minimum atomic E-state index is -2.68. The third-order valence-corrected chi connectivity index (χ3v) is 3.87. The topological polar surface area (TPSA) is 77.6 Å². The number of carbonyl (C=O) groups excluding carboxylic acids is 1. The van der Waals surface area contributed by atoms with E-state index in [2.05, 4.69) is 20.5 Å². The van der Waals surface area contributed by atoms with Crippen LogP contribution in [0.1, 0.15) is 36.3 Å². The average molecular weight is 360 g/mol. The summed E-state index contributed by atoms with van der Waals surface area (Å²) < 4.78 is 28.4.